The van der Waals surface area contributed by atoms with E-state index in [4.69, 9.17) is 26.8 Å². The zero-order valence-corrected chi connectivity index (χ0v) is 14.3. The first-order valence-corrected chi connectivity index (χ1v) is 7.40. The van der Waals surface area contributed by atoms with Crippen LogP contribution in [0.3, 0.4) is 0 Å². The molecular weight excluding hydrogens is 327 g/mol. The van der Waals surface area contributed by atoms with Crippen LogP contribution in [-0.4, -0.2) is 26.2 Å². The summed E-state index contributed by atoms with van der Waals surface area (Å²) in [6.07, 6.45) is 3.53. The number of nitrogens with two attached hydrogens (primary N) is 1. The average molecular weight is 349 g/mol. The van der Waals surface area contributed by atoms with Crippen molar-refractivity contribution in [1.29, 1.82) is 0 Å². The molecule has 124 valence electrons. The lowest BCUT2D eigenvalue weighted by Crippen LogP contribution is -2.28. The van der Waals surface area contributed by atoms with E-state index in [0.29, 0.717) is 28.6 Å². The first kappa shape index (κ1) is 18.9. The number of carbonyl (C=O) groups excluding carboxylic acids is 1. The van der Waals surface area contributed by atoms with Gasteiger partial charge in [0, 0.05) is 24.6 Å². The third-order valence-corrected chi connectivity index (χ3v) is 4.21. The number of hydrogen-bond donors (Lipinski definition) is 2. The van der Waals surface area contributed by atoms with Crippen LogP contribution in [0.5, 0.6) is 11.5 Å². The lowest BCUT2D eigenvalue weighted by atomic mass is 10.00. The monoisotopic (exact) mass is 348 g/mol. The van der Waals surface area contributed by atoms with Gasteiger partial charge in [0.25, 0.3) is 0 Å². The topological polar surface area (TPSA) is 73.6 Å². The van der Waals surface area contributed by atoms with E-state index in [1.165, 1.54) is 14.2 Å². The molecule has 0 spiro atoms. The van der Waals surface area contributed by atoms with Gasteiger partial charge in [-0.2, -0.15) is 0 Å². The molecule has 1 saturated carbocycles. The molecule has 3 N–H and O–H groups in total. The Morgan fingerprint density at radius 3 is 2.55 bits per heavy atom. The van der Waals surface area contributed by atoms with Gasteiger partial charge in [-0.15, -0.1) is 12.4 Å². The summed E-state index contributed by atoms with van der Waals surface area (Å²) >= 11 is 6.04. The van der Waals surface area contributed by atoms with E-state index in [9.17, 15) is 4.79 Å². The van der Waals surface area contributed by atoms with Crippen LogP contribution in [0.25, 0.3) is 0 Å². The Balaban J connectivity index is 0.00000242. The van der Waals surface area contributed by atoms with E-state index in [-0.39, 0.29) is 30.3 Å². The van der Waals surface area contributed by atoms with Gasteiger partial charge in [-0.1, -0.05) is 18.0 Å². The van der Waals surface area contributed by atoms with Gasteiger partial charge in [0.2, 0.25) is 5.91 Å². The summed E-state index contributed by atoms with van der Waals surface area (Å²) in [5.41, 5.74) is 6.55. The number of rotatable bonds is 5. The van der Waals surface area contributed by atoms with Crippen molar-refractivity contribution < 1.29 is 14.3 Å². The van der Waals surface area contributed by atoms with Crippen molar-refractivity contribution in [1.82, 2.24) is 0 Å². The summed E-state index contributed by atoms with van der Waals surface area (Å²) in [6, 6.07) is 3.41. The number of halogens is 2. The first-order chi connectivity index (χ1) is 10.0. The van der Waals surface area contributed by atoms with Crippen LogP contribution >= 0.6 is 24.0 Å². The van der Waals surface area contributed by atoms with E-state index in [1.54, 1.807) is 12.1 Å². The molecule has 2 atom stereocenters. The highest BCUT2D eigenvalue weighted by Gasteiger charge is 2.26. The first-order valence-electron chi connectivity index (χ1n) is 7.02. The number of amides is 1. The van der Waals surface area contributed by atoms with Crippen LogP contribution in [-0.2, 0) is 4.79 Å². The number of hydrogen-bond acceptors (Lipinski definition) is 4. The van der Waals surface area contributed by atoms with Gasteiger partial charge in [0.15, 0.2) is 0 Å². The molecule has 0 aromatic heterocycles. The lowest BCUT2D eigenvalue weighted by Gasteiger charge is -2.16. The highest BCUT2D eigenvalue weighted by molar-refractivity contribution is 6.32. The van der Waals surface area contributed by atoms with Crippen molar-refractivity contribution in [2.24, 2.45) is 11.7 Å². The Kier molecular flexibility index (Phi) is 7.26. The Morgan fingerprint density at radius 2 is 2.00 bits per heavy atom. The van der Waals surface area contributed by atoms with Crippen LogP contribution in [0, 0.1) is 5.92 Å². The number of methoxy groups -OCH3 is 2. The van der Waals surface area contributed by atoms with Gasteiger partial charge in [-0.05, 0) is 18.8 Å². The molecule has 0 unspecified atom stereocenters. The highest BCUT2D eigenvalue weighted by atomic mass is 35.5. The predicted molar refractivity (Wildman–Crippen MR) is 90.4 cm³/mol. The average Bonchev–Trinajstić information content (AvgIpc) is 2.85. The second-order valence-corrected chi connectivity index (χ2v) is 5.70. The van der Waals surface area contributed by atoms with Gasteiger partial charge >= 0.3 is 0 Å². The van der Waals surface area contributed by atoms with E-state index < -0.39 is 0 Å². The van der Waals surface area contributed by atoms with Gasteiger partial charge in [0.1, 0.15) is 11.5 Å². The summed E-state index contributed by atoms with van der Waals surface area (Å²) in [5.74, 6) is 1.18. The maximum Gasteiger partial charge on any atom is 0.224 e. The summed E-state index contributed by atoms with van der Waals surface area (Å²) in [7, 11) is 3.05. The number of anilines is 1. The molecule has 1 aromatic carbocycles. The SMILES string of the molecule is COc1cc(NC(=O)C[C@@H]2CCC[C@H]2N)c(OC)cc1Cl.Cl. The normalized spacial score (nSPS) is 20.2. The maximum absolute atomic E-state index is 12.2. The predicted octanol–water partition coefficient (Wildman–Crippen LogP) is 3.24. The molecule has 1 amide bonds. The van der Waals surface area contributed by atoms with Crippen molar-refractivity contribution in [3.63, 3.8) is 0 Å². The third-order valence-electron chi connectivity index (χ3n) is 3.91. The number of carbonyl (C=O) groups is 1. The van der Waals surface area contributed by atoms with E-state index in [0.717, 1.165) is 19.3 Å². The van der Waals surface area contributed by atoms with Crippen LogP contribution in [0.15, 0.2) is 12.1 Å². The largest absolute Gasteiger partial charge is 0.495 e. The highest BCUT2D eigenvalue weighted by Crippen LogP contribution is 2.36. The van der Waals surface area contributed by atoms with Gasteiger partial charge < -0.3 is 20.5 Å². The molecule has 1 fully saturated rings. The second-order valence-electron chi connectivity index (χ2n) is 5.29. The number of nitrogens with one attached hydrogen (secondary N) is 1. The summed E-state index contributed by atoms with van der Waals surface area (Å²) in [6.45, 7) is 0. The fraction of sp³-hybridized carbons (Fsp3) is 0.533. The van der Waals surface area contributed by atoms with Crippen molar-refractivity contribution in [2.45, 2.75) is 31.7 Å². The second kappa shape index (κ2) is 8.46. The van der Waals surface area contributed by atoms with Gasteiger partial charge in [-0.25, -0.2) is 0 Å². The van der Waals surface area contributed by atoms with Crippen molar-refractivity contribution in [3.05, 3.63) is 17.2 Å². The minimum absolute atomic E-state index is 0. The summed E-state index contributed by atoms with van der Waals surface area (Å²) in [4.78, 5) is 12.2. The molecule has 7 heteroatoms. The van der Waals surface area contributed by atoms with Crippen LogP contribution in [0.4, 0.5) is 5.69 Å². The smallest absolute Gasteiger partial charge is 0.224 e. The van der Waals surface area contributed by atoms with Crippen LogP contribution in [0.1, 0.15) is 25.7 Å². The maximum atomic E-state index is 12.2. The summed E-state index contributed by atoms with van der Waals surface area (Å²) < 4.78 is 10.4. The molecule has 0 aliphatic heterocycles. The van der Waals surface area contributed by atoms with Gasteiger partial charge in [-0.3, -0.25) is 4.79 Å². The Bertz CT molecular complexity index is 526. The summed E-state index contributed by atoms with van der Waals surface area (Å²) in [5, 5.41) is 3.29. The molecule has 22 heavy (non-hydrogen) atoms. The minimum Gasteiger partial charge on any atom is -0.495 e. The zero-order chi connectivity index (χ0) is 15.4. The molecule has 1 aromatic rings. The van der Waals surface area contributed by atoms with E-state index in [1.807, 2.05) is 0 Å². The van der Waals surface area contributed by atoms with Crippen LogP contribution < -0.4 is 20.5 Å². The fourth-order valence-electron chi connectivity index (χ4n) is 2.72. The quantitative estimate of drug-likeness (QED) is 0.856. The van der Waals surface area contributed by atoms with Gasteiger partial charge in [0.05, 0.1) is 24.9 Å². The molecular formula is C15H22Cl2N2O3. The molecule has 0 heterocycles. The number of ether oxygens (including phenoxy) is 2. The van der Waals surface area contributed by atoms with Crippen molar-refractivity contribution >= 4 is 35.6 Å². The molecule has 0 radical (unpaired) electrons. The lowest BCUT2D eigenvalue weighted by molar-refractivity contribution is -0.117. The number of benzene rings is 1. The zero-order valence-electron chi connectivity index (χ0n) is 12.7. The van der Waals surface area contributed by atoms with Crippen molar-refractivity contribution in [3.8, 4) is 11.5 Å². The molecule has 1 aliphatic carbocycles. The van der Waals surface area contributed by atoms with E-state index in [2.05, 4.69) is 5.32 Å². The third kappa shape index (κ3) is 4.41. The van der Waals surface area contributed by atoms with Crippen LogP contribution in [0.2, 0.25) is 5.02 Å². The molecule has 5 nitrogen and oxygen atoms in total. The fourth-order valence-corrected chi connectivity index (χ4v) is 2.95. The molecule has 0 bridgehead atoms. The Labute approximate surface area is 141 Å². The Hall–Kier alpha value is -1.17. The molecule has 1 aliphatic rings. The molecule has 0 saturated heterocycles. The standard InChI is InChI=1S/C15H21ClN2O3.ClH/c1-20-13-8-12(14(21-2)7-10(13)16)18-15(19)6-9-4-3-5-11(9)17;/h7-9,11H,3-6,17H2,1-2H3,(H,18,19);1H/t9-,11+;/m0./s1. The van der Waals surface area contributed by atoms with Crippen molar-refractivity contribution in [2.75, 3.05) is 19.5 Å². The Morgan fingerprint density at radius 1 is 1.32 bits per heavy atom. The molecule has 2 rings (SSSR count). The van der Waals surface area contributed by atoms with E-state index >= 15 is 0 Å². The minimum atomic E-state index is -0.0694.